The summed E-state index contributed by atoms with van der Waals surface area (Å²) in [6.07, 6.45) is 1.41. The van der Waals surface area contributed by atoms with Gasteiger partial charge in [0.05, 0.1) is 0 Å². The molecule has 1 rings (SSSR count). The van der Waals surface area contributed by atoms with Gasteiger partial charge in [0, 0.05) is 16.9 Å². The maximum absolute atomic E-state index is 10.7. The van der Waals surface area contributed by atoms with Crippen molar-refractivity contribution in [2.45, 2.75) is 11.9 Å². The molecule has 0 saturated heterocycles. The van der Waals surface area contributed by atoms with Crippen LogP contribution in [-0.4, -0.2) is 13.4 Å². The van der Waals surface area contributed by atoms with E-state index in [0.29, 0.717) is 0 Å². The Morgan fingerprint density at radius 2 is 2.08 bits per heavy atom. The quantitative estimate of drug-likeness (QED) is 0.688. The van der Waals surface area contributed by atoms with E-state index in [-0.39, 0.29) is 17.4 Å². The fourth-order valence-corrected chi connectivity index (χ4v) is 1.41. The van der Waals surface area contributed by atoms with E-state index in [4.69, 9.17) is 10.7 Å². The van der Waals surface area contributed by atoms with Gasteiger partial charge in [0.1, 0.15) is 0 Å². The molecule has 0 fully saturated rings. The summed E-state index contributed by atoms with van der Waals surface area (Å²) >= 11 is 0. The molecule has 1 heterocycles. The molecule has 0 amide bonds. The van der Waals surface area contributed by atoms with E-state index in [1.807, 2.05) is 0 Å². The van der Waals surface area contributed by atoms with Gasteiger partial charge < -0.3 is 0 Å². The van der Waals surface area contributed by atoms with Crippen molar-refractivity contribution in [2.24, 2.45) is 0 Å². The first-order chi connectivity index (χ1) is 5.00. The van der Waals surface area contributed by atoms with Crippen LogP contribution in [0, 0.1) is 6.92 Å². The van der Waals surface area contributed by atoms with Gasteiger partial charge in [-0.25, -0.2) is 13.4 Å². The van der Waals surface area contributed by atoms with Gasteiger partial charge in [0.25, 0.3) is 9.05 Å². The zero-order valence-electron chi connectivity index (χ0n) is 6.19. The number of aryl methyl sites for hydroxylation is 1. The average Bonchev–Trinajstić information content (AvgIpc) is 1.86. The Hall–Kier alpha value is -0.320. The molecule has 0 aliphatic heterocycles. The van der Waals surface area contributed by atoms with Crippen molar-refractivity contribution < 1.29 is 8.42 Å². The first-order valence-electron chi connectivity index (χ1n) is 2.87. The second-order valence-corrected chi connectivity index (χ2v) is 4.62. The molecule has 3 nitrogen and oxygen atoms in total. The first kappa shape index (κ1) is 11.7. The summed E-state index contributed by atoms with van der Waals surface area (Å²) in [4.78, 5) is 3.59. The highest BCUT2D eigenvalue weighted by molar-refractivity contribution is 8.13. The van der Waals surface area contributed by atoms with Gasteiger partial charge in [-0.1, -0.05) is 0 Å². The first-order valence-corrected chi connectivity index (χ1v) is 5.18. The zero-order chi connectivity index (χ0) is 8.48. The van der Waals surface area contributed by atoms with Gasteiger partial charge in [-0.3, -0.25) is 0 Å². The smallest absolute Gasteiger partial charge is 0.244 e. The van der Waals surface area contributed by atoms with Crippen molar-refractivity contribution >= 4 is 32.1 Å². The maximum Gasteiger partial charge on any atom is 0.278 e. The van der Waals surface area contributed by atoms with Crippen molar-refractivity contribution in [1.82, 2.24) is 4.98 Å². The molecule has 6 heteroatoms. The van der Waals surface area contributed by atoms with Crippen LogP contribution in [0.1, 0.15) is 5.56 Å². The molecular weight excluding hydrogens is 221 g/mol. The molecule has 0 aliphatic rings. The molecule has 0 saturated carbocycles. The average molecular weight is 228 g/mol. The van der Waals surface area contributed by atoms with Gasteiger partial charge in [-0.15, -0.1) is 12.4 Å². The van der Waals surface area contributed by atoms with Crippen LogP contribution in [0.15, 0.2) is 23.4 Å². The van der Waals surface area contributed by atoms with E-state index < -0.39 is 9.05 Å². The fourth-order valence-electron chi connectivity index (χ4n) is 0.642. The highest BCUT2D eigenvalue weighted by Crippen LogP contribution is 2.11. The second kappa shape index (κ2) is 4.07. The number of rotatable bonds is 1. The molecule has 0 radical (unpaired) electrons. The van der Waals surface area contributed by atoms with Crippen LogP contribution in [0.2, 0.25) is 0 Å². The molecule has 0 aliphatic carbocycles. The number of halogens is 2. The summed E-state index contributed by atoms with van der Waals surface area (Å²) < 4.78 is 21.4. The number of hydrogen-bond donors (Lipinski definition) is 0. The number of pyridine rings is 1. The number of nitrogens with zero attached hydrogens (tertiary/aromatic N) is 1. The Morgan fingerprint density at radius 3 is 2.42 bits per heavy atom. The van der Waals surface area contributed by atoms with Crippen molar-refractivity contribution in [3.63, 3.8) is 0 Å². The standard InChI is InChI=1S/C6H6ClNO2S.ClH/c1-5-2-3-8-6(4-5)11(7,9)10;/h2-4H,1H3;1H. The minimum atomic E-state index is -3.66. The van der Waals surface area contributed by atoms with Gasteiger partial charge in [0.15, 0.2) is 5.03 Å². The molecule has 68 valence electrons. The van der Waals surface area contributed by atoms with E-state index in [2.05, 4.69) is 4.98 Å². The van der Waals surface area contributed by atoms with Crippen molar-refractivity contribution in [1.29, 1.82) is 0 Å². The predicted octanol–water partition coefficient (Wildman–Crippen LogP) is 1.74. The lowest BCUT2D eigenvalue weighted by Gasteiger charge is -1.94. The molecule has 0 aromatic carbocycles. The van der Waals surface area contributed by atoms with E-state index in [1.54, 1.807) is 13.0 Å². The Morgan fingerprint density at radius 1 is 1.50 bits per heavy atom. The van der Waals surface area contributed by atoms with Crippen LogP contribution in [0.4, 0.5) is 0 Å². The molecule has 0 unspecified atom stereocenters. The molecule has 12 heavy (non-hydrogen) atoms. The van der Waals surface area contributed by atoms with E-state index >= 15 is 0 Å². The van der Waals surface area contributed by atoms with Crippen molar-refractivity contribution in [2.75, 3.05) is 0 Å². The fraction of sp³-hybridized carbons (Fsp3) is 0.167. The van der Waals surface area contributed by atoms with Crippen molar-refractivity contribution in [3.8, 4) is 0 Å². The topological polar surface area (TPSA) is 47.0 Å². The van der Waals surface area contributed by atoms with Crippen LogP contribution >= 0.6 is 23.1 Å². The predicted molar refractivity (Wildman–Crippen MR) is 49.3 cm³/mol. The van der Waals surface area contributed by atoms with E-state index in [1.165, 1.54) is 12.3 Å². The van der Waals surface area contributed by atoms with Gasteiger partial charge >= 0.3 is 0 Å². The molecule has 0 bridgehead atoms. The van der Waals surface area contributed by atoms with Crippen LogP contribution in [0.25, 0.3) is 0 Å². The number of aromatic nitrogens is 1. The molecule has 0 N–H and O–H groups in total. The molecular formula is C6H7Cl2NO2S. The summed E-state index contributed by atoms with van der Waals surface area (Å²) in [5.74, 6) is 0. The van der Waals surface area contributed by atoms with Gasteiger partial charge in [-0.05, 0) is 24.6 Å². The number of hydrogen-bond acceptors (Lipinski definition) is 3. The van der Waals surface area contributed by atoms with Gasteiger partial charge in [-0.2, -0.15) is 0 Å². The Bertz CT molecular complexity index is 364. The Labute approximate surface area is 81.6 Å². The zero-order valence-corrected chi connectivity index (χ0v) is 8.58. The third kappa shape index (κ3) is 2.97. The van der Waals surface area contributed by atoms with Crippen LogP contribution in [0.5, 0.6) is 0 Å². The lowest BCUT2D eigenvalue weighted by atomic mass is 10.3. The minimum Gasteiger partial charge on any atom is -0.244 e. The SMILES string of the molecule is Cc1ccnc(S(=O)(=O)Cl)c1.Cl. The summed E-state index contributed by atoms with van der Waals surface area (Å²) in [6, 6.07) is 3.12. The maximum atomic E-state index is 10.7. The third-order valence-electron chi connectivity index (χ3n) is 1.14. The molecule has 1 aromatic rings. The van der Waals surface area contributed by atoms with Crippen molar-refractivity contribution in [3.05, 3.63) is 23.9 Å². The van der Waals surface area contributed by atoms with Gasteiger partial charge in [0.2, 0.25) is 0 Å². The molecule has 1 aromatic heterocycles. The van der Waals surface area contributed by atoms with E-state index in [0.717, 1.165) is 5.56 Å². The normalized spacial score (nSPS) is 10.5. The molecule has 0 spiro atoms. The van der Waals surface area contributed by atoms with E-state index in [9.17, 15) is 8.42 Å². The van der Waals surface area contributed by atoms with Crippen LogP contribution in [-0.2, 0) is 9.05 Å². The third-order valence-corrected chi connectivity index (χ3v) is 2.34. The summed E-state index contributed by atoms with van der Waals surface area (Å²) in [6.45, 7) is 1.77. The van der Waals surface area contributed by atoms with Crippen LogP contribution < -0.4 is 0 Å². The lowest BCUT2D eigenvalue weighted by Crippen LogP contribution is -1.94. The largest absolute Gasteiger partial charge is 0.278 e. The van der Waals surface area contributed by atoms with Crippen LogP contribution in [0.3, 0.4) is 0 Å². The lowest BCUT2D eigenvalue weighted by molar-refractivity contribution is 0.606. The monoisotopic (exact) mass is 227 g/mol. The minimum absolute atomic E-state index is 0. The Balaban J connectivity index is 0.00000121. The highest BCUT2D eigenvalue weighted by Gasteiger charge is 2.10. The summed E-state index contributed by atoms with van der Waals surface area (Å²) in [5, 5.41) is -0.0980. The second-order valence-electron chi connectivity index (χ2n) is 2.11. The highest BCUT2D eigenvalue weighted by atomic mass is 35.7. The molecule has 0 atom stereocenters. The summed E-state index contributed by atoms with van der Waals surface area (Å²) in [5.41, 5.74) is 0.819. The summed E-state index contributed by atoms with van der Waals surface area (Å²) in [7, 11) is 1.38. The Kier molecular flexibility index (Phi) is 3.96.